The molecule has 0 bridgehead atoms. The monoisotopic (exact) mass is 111 g/mol. The van der Waals surface area contributed by atoms with E-state index in [0.29, 0.717) is 6.42 Å². The van der Waals surface area contributed by atoms with E-state index in [1.165, 1.54) is 6.08 Å². The average molecular weight is 111 g/mol. The van der Waals surface area contributed by atoms with E-state index in [4.69, 9.17) is 0 Å². The molecule has 0 aliphatic carbocycles. The number of carboxylic acids is 1. The Kier molecular flexibility index (Phi) is 2.62. The summed E-state index contributed by atoms with van der Waals surface area (Å²) >= 11 is 0. The fraction of sp³-hybridized carbons (Fsp3) is 0.167. The molecule has 0 aromatic rings. The molecule has 8 heavy (non-hydrogen) atoms. The third-order valence-corrected chi connectivity index (χ3v) is 0.679. The van der Waals surface area contributed by atoms with Gasteiger partial charge in [0.1, 0.15) is 0 Å². The lowest BCUT2D eigenvalue weighted by molar-refractivity contribution is -0.299. The Bertz CT molecular complexity index is 124. The first-order chi connectivity index (χ1) is 3.68. The van der Waals surface area contributed by atoms with Crippen molar-refractivity contribution in [1.82, 2.24) is 0 Å². The van der Waals surface area contributed by atoms with Crippen molar-refractivity contribution in [1.29, 1.82) is 0 Å². The minimum Gasteiger partial charge on any atom is -0.545 e. The Balaban J connectivity index is 3.65. The highest BCUT2D eigenvalue weighted by Crippen LogP contribution is 1.93. The molecule has 0 saturated carbocycles. The first kappa shape index (κ1) is 6.95. The number of carbonyl (C=O) groups excluding carboxylic acids is 1. The van der Waals surface area contributed by atoms with Crippen LogP contribution in [0.2, 0.25) is 0 Å². The van der Waals surface area contributed by atoms with Gasteiger partial charge < -0.3 is 9.90 Å². The van der Waals surface area contributed by atoms with Crippen LogP contribution < -0.4 is 5.11 Å². The largest absolute Gasteiger partial charge is 0.545 e. The molecule has 0 aromatic carbocycles. The number of hydrogen-bond donors (Lipinski definition) is 0. The van der Waals surface area contributed by atoms with Gasteiger partial charge in [-0.05, 0) is 12.0 Å². The van der Waals surface area contributed by atoms with Crippen LogP contribution in [0.4, 0.5) is 0 Å². The van der Waals surface area contributed by atoms with Crippen molar-refractivity contribution >= 4 is 5.97 Å². The van der Waals surface area contributed by atoms with E-state index in [-0.39, 0.29) is 5.57 Å². The third kappa shape index (κ3) is 2.18. The van der Waals surface area contributed by atoms with E-state index in [2.05, 4.69) is 13.2 Å². The van der Waals surface area contributed by atoms with E-state index in [0.717, 1.165) is 0 Å². The number of carbonyl (C=O) groups is 1. The molecule has 0 aromatic heterocycles. The van der Waals surface area contributed by atoms with Gasteiger partial charge in [-0.25, -0.2) is 0 Å². The van der Waals surface area contributed by atoms with E-state index >= 15 is 0 Å². The van der Waals surface area contributed by atoms with Crippen molar-refractivity contribution in [2.24, 2.45) is 0 Å². The molecule has 0 aliphatic rings. The van der Waals surface area contributed by atoms with E-state index < -0.39 is 5.97 Å². The van der Waals surface area contributed by atoms with Gasteiger partial charge in [-0.1, -0.05) is 12.7 Å². The van der Waals surface area contributed by atoms with Crippen LogP contribution in [0.3, 0.4) is 0 Å². The molecule has 0 N–H and O–H groups in total. The Hall–Kier alpha value is -1.05. The molecular formula is C6H7O2-. The van der Waals surface area contributed by atoms with Gasteiger partial charge in [0.05, 0.1) is 5.97 Å². The van der Waals surface area contributed by atoms with E-state index in [9.17, 15) is 9.90 Å². The zero-order valence-corrected chi connectivity index (χ0v) is 4.52. The van der Waals surface area contributed by atoms with Gasteiger partial charge in [0.15, 0.2) is 0 Å². The lowest BCUT2D eigenvalue weighted by atomic mass is 10.2. The molecule has 0 fully saturated rings. The molecule has 0 spiro atoms. The molecule has 0 aliphatic heterocycles. The van der Waals surface area contributed by atoms with Gasteiger partial charge in [0, 0.05) is 0 Å². The van der Waals surface area contributed by atoms with Crippen molar-refractivity contribution in [3.63, 3.8) is 0 Å². The van der Waals surface area contributed by atoms with Gasteiger partial charge in [0.25, 0.3) is 0 Å². The van der Waals surface area contributed by atoms with Gasteiger partial charge in [0.2, 0.25) is 0 Å². The smallest absolute Gasteiger partial charge is 0.0672 e. The number of hydrogen-bond acceptors (Lipinski definition) is 2. The van der Waals surface area contributed by atoms with Crippen LogP contribution in [0.15, 0.2) is 24.8 Å². The molecular weight excluding hydrogens is 104 g/mol. The summed E-state index contributed by atoms with van der Waals surface area (Å²) in [5.41, 5.74) is 0.0694. The van der Waals surface area contributed by atoms with Crippen molar-refractivity contribution in [2.75, 3.05) is 0 Å². The van der Waals surface area contributed by atoms with Crippen molar-refractivity contribution < 1.29 is 9.90 Å². The first-order valence-corrected chi connectivity index (χ1v) is 2.18. The molecule has 44 valence electrons. The van der Waals surface area contributed by atoms with Crippen LogP contribution in [0.5, 0.6) is 0 Å². The summed E-state index contributed by atoms with van der Waals surface area (Å²) in [4.78, 5) is 9.83. The van der Waals surface area contributed by atoms with Crippen LogP contribution in [0.1, 0.15) is 6.42 Å². The lowest BCUT2D eigenvalue weighted by Crippen LogP contribution is -2.23. The summed E-state index contributed by atoms with van der Waals surface area (Å²) < 4.78 is 0. The molecule has 0 saturated heterocycles. The molecule has 0 heterocycles. The van der Waals surface area contributed by atoms with E-state index in [1.54, 1.807) is 0 Å². The predicted octanol–water partition coefficient (Wildman–Crippen LogP) is -0.131. The molecule has 0 amide bonds. The Morgan fingerprint density at radius 2 is 2.25 bits per heavy atom. The zero-order valence-electron chi connectivity index (χ0n) is 4.52. The third-order valence-electron chi connectivity index (χ3n) is 0.679. The second kappa shape index (κ2) is 3.02. The Labute approximate surface area is 48.1 Å². The molecule has 0 radical (unpaired) electrons. The number of aliphatic carboxylic acids is 1. The van der Waals surface area contributed by atoms with Crippen LogP contribution in [0, 0.1) is 0 Å². The SMILES string of the molecule is C=CCC(=C)C(=O)[O-]. The van der Waals surface area contributed by atoms with Crippen molar-refractivity contribution in [3.05, 3.63) is 24.8 Å². The summed E-state index contributed by atoms with van der Waals surface area (Å²) in [6.45, 7) is 6.54. The quantitative estimate of drug-likeness (QED) is 0.376. The topological polar surface area (TPSA) is 40.1 Å². The molecule has 2 heteroatoms. The minimum absolute atomic E-state index is 0.0694. The fourth-order valence-electron chi connectivity index (χ4n) is 0.258. The van der Waals surface area contributed by atoms with Gasteiger partial charge >= 0.3 is 0 Å². The van der Waals surface area contributed by atoms with Crippen LogP contribution in [0.25, 0.3) is 0 Å². The number of carboxylic acid groups (broad SMARTS) is 1. The highest BCUT2D eigenvalue weighted by molar-refractivity contribution is 5.84. The fourth-order valence-corrected chi connectivity index (χ4v) is 0.258. The maximum atomic E-state index is 9.83. The predicted molar refractivity (Wildman–Crippen MR) is 29.0 cm³/mol. The molecule has 0 atom stereocenters. The van der Waals surface area contributed by atoms with Gasteiger partial charge in [-0.15, -0.1) is 6.58 Å². The molecule has 0 unspecified atom stereocenters. The minimum atomic E-state index is -1.20. The molecule has 0 rings (SSSR count). The Morgan fingerprint density at radius 1 is 1.75 bits per heavy atom. The summed E-state index contributed by atoms with van der Waals surface area (Å²) in [6, 6.07) is 0. The lowest BCUT2D eigenvalue weighted by Gasteiger charge is -1.99. The Morgan fingerprint density at radius 3 is 2.38 bits per heavy atom. The summed E-state index contributed by atoms with van der Waals surface area (Å²) in [5, 5.41) is 9.83. The van der Waals surface area contributed by atoms with Crippen LogP contribution >= 0.6 is 0 Å². The molecule has 2 nitrogen and oxygen atoms in total. The maximum Gasteiger partial charge on any atom is 0.0672 e. The van der Waals surface area contributed by atoms with Gasteiger partial charge in [-0.3, -0.25) is 0 Å². The standard InChI is InChI=1S/C6H8O2/c1-3-4-5(2)6(7)8/h3H,1-2,4H2,(H,7,8)/p-1. The zero-order chi connectivity index (χ0) is 6.57. The second-order valence-electron chi connectivity index (χ2n) is 1.38. The number of allylic oxidation sites excluding steroid dienone is 1. The summed E-state index contributed by atoms with van der Waals surface area (Å²) in [7, 11) is 0. The van der Waals surface area contributed by atoms with E-state index in [1.807, 2.05) is 0 Å². The normalized spacial score (nSPS) is 8.00. The number of rotatable bonds is 3. The van der Waals surface area contributed by atoms with Gasteiger partial charge in [-0.2, -0.15) is 0 Å². The highest BCUT2D eigenvalue weighted by Gasteiger charge is 1.86. The second-order valence-corrected chi connectivity index (χ2v) is 1.38. The summed E-state index contributed by atoms with van der Waals surface area (Å²) in [6.07, 6.45) is 1.76. The summed E-state index contributed by atoms with van der Waals surface area (Å²) in [5.74, 6) is -1.20. The average Bonchev–Trinajstić information content (AvgIpc) is 1.67. The van der Waals surface area contributed by atoms with Crippen LogP contribution in [-0.4, -0.2) is 5.97 Å². The highest BCUT2D eigenvalue weighted by atomic mass is 16.4. The maximum absolute atomic E-state index is 9.83. The van der Waals surface area contributed by atoms with Crippen molar-refractivity contribution in [2.45, 2.75) is 6.42 Å². The first-order valence-electron chi connectivity index (χ1n) is 2.18. The van der Waals surface area contributed by atoms with Crippen molar-refractivity contribution in [3.8, 4) is 0 Å². The van der Waals surface area contributed by atoms with Crippen LogP contribution in [-0.2, 0) is 4.79 Å².